The van der Waals surface area contributed by atoms with Crippen molar-refractivity contribution in [3.05, 3.63) is 42.1 Å². The van der Waals surface area contributed by atoms with Gasteiger partial charge in [0.1, 0.15) is 0 Å². The highest BCUT2D eigenvalue weighted by atomic mass is 16.5. The van der Waals surface area contributed by atoms with Crippen LogP contribution in [0.2, 0.25) is 0 Å². The molecule has 1 unspecified atom stereocenters. The van der Waals surface area contributed by atoms with Crippen molar-refractivity contribution in [1.29, 1.82) is 0 Å². The van der Waals surface area contributed by atoms with E-state index < -0.39 is 0 Å². The highest BCUT2D eigenvalue weighted by molar-refractivity contribution is 5.75. The average Bonchev–Trinajstić information content (AvgIpc) is 3.10. The second-order valence-electron chi connectivity index (χ2n) is 6.38. The van der Waals surface area contributed by atoms with Crippen LogP contribution in [0.25, 0.3) is 11.3 Å². The van der Waals surface area contributed by atoms with Gasteiger partial charge in [0.15, 0.2) is 5.76 Å². The number of piperidine rings is 1. The highest BCUT2D eigenvalue weighted by Crippen LogP contribution is 2.25. The van der Waals surface area contributed by atoms with Crippen LogP contribution in [0.4, 0.5) is 0 Å². The quantitative estimate of drug-likeness (QED) is 0.885. The normalized spacial score (nSPS) is 18.5. The van der Waals surface area contributed by atoms with E-state index >= 15 is 0 Å². The number of amides is 1. The van der Waals surface area contributed by atoms with Crippen LogP contribution in [0, 0.1) is 0 Å². The number of likely N-dealkylation sites (tertiary alicyclic amines) is 1. The number of nitrogens with one attached hydrogen (secondary N) is 1. The van der Waals surface area contributed by atoms with Crippen LogP contribution in [-0.4, -0.2) is 35.6 Å². The molecule has 1 aromatic carbocycles. The minimum atomic E-state index is 0.119. The Hall–Kier alpha value is -2.14. The van der Waals surface area contributed by atoms with E-state index in [9.17, 15) is 4.79 Å². The van der Waals surface area contributed by atoms with Crippen molar-refractivity contribution in [3.63, 3.8) is 0 Å². The Morgan fingerprint density at radius 2 is 2.17 bits per heavy atom. The molecule has 1 amide bonds. The summed E-state index contributed by atoms with van der Waals surface area (Å²) in [4.78, 5) is 14.0. The summed E-state index contributed by atoms with van der Waals surface area (Å²) in [5.41, 5.74) is 2.01. The van der Waals surface area contributed by atoms with Gasteiger partial charge in [0.2, 0.25) is 5.91 Å². The first-order chi connectivity index (χ1) is 11.8. The Morgan fingerprint density at radius 1 is 1.33 bits per heavy atom. The van der Waals surface area contributed by atoms with Crippen molar-refractivity contribution in [1.82, 2.24) is 15.4 Å². The van der Waals surface area contributed by atoms with Gasteiger partial charge in [-0.05, 0) is 25.8 Å². The van der Waals surface area contributed by atoms with Crippen LogP contribution < -0.4 is 5.32 Å². The number of hydrogen-bond acceptors (Lipinski definition) is 4. The van der Waals surface area contributed by atoms with Gasteiger partial charge in [-0.25, -0.2) is 0 Å². The smallest absolute Gasteiger partial charge is 0.219 e. The Balaban J connectivity index is 1.63. The first-order valence-corrected chi connectivity index (χ1v) is 8.72. The zero-order valence-corrected chi connectivity index (χ0v) is 14.2. The maximum atomic E-state index is 11.5. The molecule has 0 spiro atoms. The molecule has 3 rings (SSSR count). The third-order valence-electron chi connectivity index (χ3n) is 4.71. The predicted octanol–water partition coefficient (Wildman–Crippen LogP) is 3.22. The Labute approximate surface area is 143 Å². The molecule has 24 heavy (non-hydrogen) atoms. The lowest BCUT2D eigenvalue weighted by Gasteiger charge is -2.35. The molecule has 1 aliphatic heterocycles. The molecule has 0 saturated carbocycles. The maximum absolute atomic E-state index is 11.5. The van der Waals surface area contributed by atoms with Crippen molar-refractivity contribution in [2.75, 3.05) is 13.6 Å². The van der Waals surface area contributed by atoms with Crippen LogP contribution in [0.15, 0.2) is 40.9 Å². The molecule has 0 radical (unpaired) electrons. The lowest BCUT2D eigenvalue weighted by atomic mass is 9.97. The van der Waals surface area contributed by atoms with Gasteiger partial charge < -0.3 is 9.84 Å². The Morgan fingerprint density at radius 3 is 2.96 bits per heavy atom. The van der Waals surface area contributed by atoms with Crippen molar-refractivity contribution >= 4 is 5.91 Å². The van der Waals surface area contributed by atoms with E-state index in [2.05, 4.69) is 15.4 Å². The number of nitrogens with zero attached hydrogens (tertiary/aromatic N) is 2. The zero-order chi connectivity index (χ0) is 16.8. The molecule has 2 aromatic rings. The predicted molar refractivity (Wildman–Crippen MR) is 93.3 cm³/mol. The summed E-state index contributed by atoms with van der Waals surface area (Å²) in [5, 5.41) is 6.94. The van der Waals surface area contributed by atoms with Gasteiger partial charge in [-0.15, -0.1) is 0 Å². The summed E-state index contributed by atoms with van der Waals surface area (Å²) in [7, 11) is 1.70. The summed E-state index contributed by atoms with van der Waals surface area (Å²) in [5.74, 6) is 0.929. The standard InChI is InChI=1S/C19H25N3O2/c1-20-19(23)11-10-17-9-5-6-12-22(17)14-16-13-18(24-21-16)15-7-3-2-4-8-15/h2-4,7-8,13,17H,5-6,9-12,14H2,1H3,(H,20,23). The van der Waals surface area contributed by atoms with Crippen molar-refractivity contribution < 1.29 is 9.32 Å². The molecule has 1 fully saturated rings. The number of hydrogen-bond donors (Lipinski definition) is 1. The minimum absolute atomic E-state index is 0.119. The van der Waals surface area contributed by atoms with E-state index in [0.29, 0.717) is 12.5 Å². The molecule has 2 heterocycles. The van der Waals surface area contributed by atoms with Gasteiger partial charge in [0.25, 0.3) is 0 Å². The second-order valence-corrected chi connectivity index (χ2v) is 6.38. The van der Waals surface area contributed by atoms with E-state index in [1.165, 1.54) is 12.8 Å². The maximum Gasteiger partial charge on any atom is 0.219 e. The van der Waals surface area contributed by atoms with E-state index in [1.54, 1.807) is 7.05 Å². The van der Waals surface area contributed by atoms with Gasteiger partial charge in [-0.1, -0.05) is 41.9 Å². The first-order valence-electron chi connectivity index (χ1n) is 8.72. The van der Waals surface area contributed by atoms with Crippen molar-refractivity contribution in [2.24, 2.45) is 0 Å². The molecule has 0 bridgehead atoms. The number of aromatic nitrogens is 1. The third kappa shape index (κ3) is 4.23. The third-order valence-corrected chi connectivity index (χ3v) is 4.71. The molecule has 1 aromatic heterocycles. The Kier molecular flexibility index (Phi) is 5.64. The zero-order valence-electron chi connectivity index (χ0n) is 14.2. The summed E-state index contributed by atoms with van der Waals surface area (Å²) >= 11 is 0. The van der Waals surface area contributed by atoms with E-state index in [4.69, 9.17) is 4.52 Å². The molecule has 1 saturated heterocycles. The van der Waals surface area contributed by atoms with Crippen LogP contribution in [0.3, 0.4) is 0 Å². The van der Waals surface area contributed by atoms with Crippen LogP contribution >= 0.6 is 0 Å². The van der Waals surface area contributed by atoms with Crippen molar-refractivity contribution in [2.45, 2.75) is 44.7 Å². The fourth-order valence-corrected chi connectivity index (χ4v) is 3.35. The minimum Gasteiger partial charge on any atom is -0.359 e. The number of benzene rings is 1. The van der Waals surface area contributed by atoms with E-state index in [-0.39, 0.29) is 5.91 Å². The van der Waals surface area contributed by atoms with Gasteiger partial charge in [-0.2, -0.15) is 0 Å². The lowest BCUT2D eigenvalue weighted by molar-refractivity contribution is -0.121. The second kappa shape index (κ2) is 8.11. The molecule has 1 atom stereocenters. The molecule has 1 N–H and O–H groups in total. The highest BCUT2D eigenvalue weighted by Gasteiger charge is 2.24. The van der Waals surface area contributed by atoms with Gasteiger partial charge in [0.05, 0.1) is 5.69 Å². The van der Waals surface area contributed by atoms with Gasteiger partial charge >= 0.3 is 0 Å². The molecule has 128 valence electrons. The summed E-state index contributed by atoms with van der Waals surface area (Å²) in [6.45, 7) is 1.85. The van der Waals surface area contributed by atoms with Crippen LogP contribution in [0.1, 0.15) is 37.8 Å². The van der Waals surface area contributed by atoms with E-state index in [1.807, 2.05) is 36.4 Å². The summed E-state index contributed by atoms with van der Waals surface area (Å²) < 4.78 is 5.50. The SMILES string of the molecule is CNC(=O)CCC1CCCCN1Cc1cc(-c2ccccc2)on1. The average molecular weight is 327 g/mol. The number of carbonyl (C=O) groups is 1. The van der Waals surface area contributed by atoms with E-state index in [0.717, 1.165) is 42.9 Å². The molecular formula is C19H25N3O2. The fourth-order valence-electron chi connectivity index (χ4n) is 3.35. The van der Waals surface area contributed by atoms with Gasteiger partial charge in [-0.3, -0.25) is 9.69 Å². The largest absolute Gasteiger partial charge is 0.359 e. The van der Waals surface area contributed by atoms with Crippen LogP contribution in [-0.2, 0) is 11.3 Å². The van der Waals surface area contributed by atoms with Crippen LogP contribution in [0.5, 0.6) is 0 Å². The van der Waals surface area contributed by atoms with Gasteiger partial charge in [0, 0.05) is 37.7 Å². The summed E-state index contributed by atoms with van der Waals surface area (Å²) in [6.07, 6.45) is 5.10. The monoisotopic (exact) mass is 327 g/mol. The summed E-state index contributed by atoms with van der Waals surface area (Å²) in [6, 6.07) is 12.5. The molecule has 0 aliphatic carbocycles. The van der Waals surface area contributed by atoms with Crippen molar-refractivity contribution in [3.8, 4) is 11.3 Å². The lowest BCUT2D eigenvalue weighted by Crippen LogP contribution is -2.39. The topological polar surface area (TPSA) is 58.4 Å². The Bertz CT molecular complexity index is 654. The molecule has 5 heteroatoms. The fraction of sp³-hybridized carbons (Fsp3) is 0.474. The molecular weight excluding hydrogens is 302 g/mol. The number of carbonyl (C=O) groups excluding carboxylic acids is 1. The first kappa shape index (κ1) is 16.7. The molecule has 5 nitrogen and oxygen atoms in total. The number of rotatable bonds is 6. The molecule has 1 aliphatic rings.